The molecule has 2 N–H and O–H groups in total. The maximum Gasteiger partial charge on any atom is 0.187 e. The van der Waals surface area contributed by atoms with Crippen molar-refractivity contribution in [2.24, 2.45) is 5.10 Å². The van der Waals surface area contributed by atoms with Crippen LogP contribution in [-0.4, -0.2) is 31.6 Å². The van der Waals surface area contributed by atoms with Crippen LogP contribution < -0.4 is 10.7 Å². The summed E-state index contributed by atoms with van der Waals surface area (Å²) in [4.78, 5) is 2.37. The van der Waals surface area contributed by atoms with E-state index in [0.29, 0.717) is 18.3 Å². The fourth-order valence-corrected chi connectivity index (χ4v) is 1.89. The van der Waals surface area contributed by atoms with Crippen LogP contribution >= 0.6 is 23.6 Å². The van der Waals surface area contributed by atoms with Crippen LogP contribution in [0.1, 0.15) is 9.75 Å². The van der Waals surface area contributed by atoms with Gasteiger partial charge < -0.3 is 10.1 Å². The Kier molecular flexibility index (Phi) is 5.99. The minimum absolute atomic E-state index is 0.501. The molecule has 4 nitrogen and oxygen atoms in total. The molecule has 0 amide bonds. The lowest BCUT2D eigenvalue weighted by atomic mass is 10.4. The minimum Gasteiger partial charge on any atom is -0.383 e. The Balaban J connectivity index is 2.23. The van der Waals surface area contributed by atoms with Crippen molar-refractivity contribution in [3.8, 4) is 0 Å². The Morgan fingerprint density at radius 3 is 3.06 bits per heavy atom. The summed E-state index contributed by atoms with van der Waals surface area (Å²) in [7, 11) is 1.65. The van der Waals surface area contributed by atoms with Crippen molar-refractivity contribution in [1.82, 2.24) is 10.7 Å². The second-order valence-electron chi connectivity index (χ2n) is 3.07. The van der Waals surface area contributed by atoms with Gasteiger partial charge >= 0.3 is 0 Å². The lowest BCUT2D eigenvalue weighted by Crippen LogP contribution is -2.34. The number of nitrogens with one attached hydrogen (secondary N) is 2. The molecule has 0 atom stereocenters. The molecule has 0 fully saturated rings. The Labute approximate surface area is 105 Å². The number of hydrogen-bond donors (Lipinski definition) is 2. The highest BCUT2D eigenvalue weighted by atomic mass is 32.1. The quantitative estimate of drug-likeness (QED) is 0.363. The van der Waals surface area contributed by atoms with E-state index in [1.54, 1.807) is 24.7 Å². The van der Waals surface area contributed by atoms with E-state index in [0.717, 1.165) is 4.88 Å². The predicted octanol–water partition coefficient (Wildman–Crippen LogP) is 1.50. The topological polar surface area (TPSA) is 45.6 Å². The largest absolute Gasteiger partial charge is 0.383 e. The SMILES string of the molecule is COCCNC(=S)N/N=C/c1ccc(C)s1. The average Bonchev–Trinajstić information content (AvgIpc) is 2.65. The Hall–Kier alpha value is -0.980. The van der Waals surface area contributed by atoms with Gasteiger partial charge in [-0.1, -0.05) is 0 Å². The van der Waals surface area contributed by atoms with Crippen molar-refractivity contribution in [3.63, 3.8) is 0 Å². The van der Waals surface area contributed by atoms with E-state index < -0.39 is 0 Å². The number of rotatable bonds is 5. The van der Waals surface area contributed by atoms with Crippen molar-refractivity contribution >= 4 is 34.9 Å². The van der Waals surface area contributed by atoms with Crippen LogP contribution in [0.5, 0.6) is 0 Å². The molecule has 1 rings (SSSR count). The first-order valence-electron chi connectivity index (χ1n) is 4.84. The summed E-state index contributed by atoms with van der Waals surface area (Å²) in [6, 6.07) is 4.08. The maximum absolute atomic E-state index is 5.00. The molecule has 1 aromatic heterocycles. The smallest absolute Gasteiger partial charge is 0.187 e. The van der Waals surface area contributed by atoms with Crippen molar-refractivity contribution < 1.29 is 4.74 Å². The summed E-state index contributed by atoms with van der Waals surface area (Å²) in [5, 5.41) is 7.49. The van der Waals surface area contributed by atoms with Gasteiger partial charge in [-0.15, -0.1) is 11.3 Å². The van der Waals surface area contributed by atoms with Crippen molar-refractivity contribution in [2.75, 3.05) is 20.3 Å². The van der Waals surface area contributed by atoms with Crippen molar-refractivity contribution in [2.45, 2.75) is 6.92 Å². The third kappa shape index (κ3) is 5.20. The molecule has 0 aliphatic heterocycles. The predicted molar refractivity (Wildman–Crippen MR) is 72.3 cm³/mol. The number of aryl methyl sites for hydroxylation is 1. The van der Waals surface area contributed by atoms with Crippen LogP contribution in [0.2, 0.25) is 0 Å². The maximum atomic E-state index is 5.00. The number of thiophene rings is 1. The molecule has 0 spiro atoms. The molecule has 0 saturated carbocycles. The number of nitrogens with zero attached hydrogens (tertiary/aromatic N) is 1. The molecular weight excluding hydrogens is 242 g/mol. The molecule has 0 saturated heterocycles. The molecule has 6 heteroatoms. The molecule has 0 aliphatic rings. The lowest BCUT2D eigenvalue weighted by Gasteiger charge is -2.05. The van der Waals surface area contributed by atoms with Crippen LogP contribution in [0.15, 0.2) is 17.2 Å². The number of hydrazone groups is 1. The summed E-state index contributed by atoms with van der Waals surface area (Å²) in [5.41, 5.74) is 2.74. The zero-order valence-corrected chi connectivity index (χ0v) is 11.0. The van der Waals surface area contributed by atoms with E-state index in [1.807, 2.05) is 6.07 Å². The van der Waals surface area contributed by atoms with Crippen LogP contribution in [0.3, 0.4) is 0 Å². The standard InChI is InChI=1S/C10H15N3OS2/c1-8-3-4-9(16-8)7-12-13-10(15)11-5-6-14-2/h3-4,7H,5-6H2,1-2H3,(H2,11,13,15)/b12-7+. The third-order valence-corrected chi connectivity index (χ3v) is 2.88. The van der Waals surface area contributed by atoms with Crippen molar-refractivity contribution in [3.05, 3.63) is 21.9 Å². The Morgan fingerprint density at radius 2 is 2.44 bits per heavy atom. The zero-order chi connectivity index (χ0) is 11.8. The van der Waals surface area contributed by atoms with Gasteiger partial charge in [-0.05, 0) is 31.3 Å². The van der Waals surface area contributed by atoms with Gasteiger partial charge in [0.25, 0.3) is 0 Å². The summed E-state index contributed by atoms with van der Waals surface area (Å²) in [6.07, 6.45) is 1.75. The third-order valence-electron chi connectivity index (χ3n) is 1.71. The van der Waals surface area contributed by atoms with E-state index in [9.17, 15) is 0 Å². The molecule has 1 heterocycles. The first kappa shape index (κ1) is 13.1. The van der Waals surface area contributed by atoms with Crippen LogP contribution in [-0.2, 0) is 4.74 Å². The zero-order valence-electron chi connectivity index (χ0n) is 9.32. The summed E-state index contributed by atoms with van der Waals surface area (Å²) in [6.45, 7) is 3.36. The molecule has 0 unspecified atom stereocenters. The molecule has 0 bridgehead atoms. The van der Waals surface area contributed by atoms with Gasteiger partial charge in [0, 0.05) is 23.4 Å². The van der Waals surface area contributed by atoms with E-state index in [-0.39, 0.29) is 0 Å². The summed E-state index contributed by atoms with van der Waals surface area (Å²) < 4.78 is 4.88. The number of thiocarbonyl (C=S) groups is 1. The molecule has 0 aromatic carbocycles. The minimum atomic E-state index is 0.501. The second-order valence-corrected chi connectivity index (χ2v) is 4.79. The Morgan fingerprint density at radius 1 is 1.62 bits per heavy atom. The van der Waals surface area contributed by atoms with Gasteiger partial charge in [0.15, 0.2) is 5.11 Å². The highest BCUT2D eigenvalue weighted by molar-refractivity contribution is 7.80. The second kappa shape index (κ2) is 7.32. The molecule has 88 valence electrons. The summed E-state index contributed by atoms with van der Waals surface area (Å²) in [5.74, 6) is 0. The molecule has 1 aromatic rings. The van der Waals surface area contributed by atoms with E-state index >= 15 is 0 Å². The van der Waals surface area contributed by atoms with Crippen LogP contribution in [0, 0.1) is 6.92 Å². The van der Waals surface area contributed by atoms with Gasteiger partial charge in [-0.3, -0.25) is 5.43 Å². The van der Waals surface area contributed by atoms with E-state index in [1.165, 1.54) is 4.88 Å². The first-order chi connectivity index (χ1) is 7.72. The molecule has 16 heavy (non-hydrogen) atoms. The lowest BCUT2D eigenvalue weighted by molar-refractivity contribution is 0.204. The van der Waals surface area contributed by atoms with Crippen LogP contribution in [0.25, 0.3) is 0 Å². The monoisotopic (exact) mass is 257 g/mol. The number of methoxy groups -OCH3 is 1. The van der Waals surface area contributed by atoms with Gasteiger partial charge in [0.2, 0.25) is 0 Å². The number of ether oxygens (including phenoxy) is 1. The molecule has 0 aliphatic carbocycles. The highest BCUT2D eigenvalue weighted by Crippen LogP contribution is 2.11. The number of hydrogen-bond acceptors (Lipinski definition) is 4. The fourth-order valence-electron chi connectivity index (χ4n) is 0.983. The van der Waals surface area contributed by atoms with Gasteiger partial charge in [0.05, 0.1) is 12.8 Å². The summed E-state index contributed by atoms with van der Waals surface area (Å²) >= 11 is 6.69. The van der Waals surface area contributed by atoms with Gasteiger partial charge in [0.1, 0.15) is 0 Å². The molecular formula is C10H15N3OS2. The first-order valence-corrected chi connectivity index (χ1v) is 6.07. The van der Waals surface area contributed by atoms with Crippen molar-refractivity contribution in [1.29, 1.82) is 0 Å². The van der Waals surface area contributed by atoms with Gasteiger partial charge in [-0.2, -0.15) is 5.10 Å². The van der Waals surface area contributed by atoms with Crippen LogP contribution in [0.4, 0.5) is 0 Å². The molecule has 0 radical (unpaired) electrons. The van der Waals surface area contributed by atoms with E-state index in [4.69, 9.17) is 17.0 Å². The normalized spacial score (nSPS) is 10.6. The highest BCUT2D eigenvalue weighted by Gasteiger charge is 1.93. The van der Waals surface area contributed by atoms with E-state index in [2.05, 4.69) is 28.8 Å². The Bertz CT molecular complexity index is 363. The fraction of sp³-hybridized carbons (Fsp3) is 0.400. The average molecular weight is 257 g/mol. The van der Waals surface area contributed by atoms with Gasteiger partial charge in [-0.25, -0.2) is 0 Å².